The molecule has 19 heavy (non-hydrogen) atoms. The highest BCUT2D eigenvalue weighted by Crippen LogP contribution is 2.17. The van der Waals surface area contributed by atoms with E-state index in [9.17, 15) is 9.59 Å². The summed E-state index contributed by atoms with van der Waals surface area (Å²) in [6.45, 7) is 2.60. The van der Waals surface area contributed by atoms with Gasteiger partial charge in [0, 0.05) is 17.9 Å². The van der Waals surface area contributed by atoms with E-state index in [1.165, 1.54) is 25.3 Å². The summed E-state index contributed by atoms with van der Waals surface area (Å²) in [7, 11) is 1.43. The number of aromatic carboxylic acids is 1. The smallest absolute Gasteiger partial charge is 0.335 e. The molecule has 0 aromatic heterocycles. The van der Waals surface area contributed by atoms with Crippen LogP contribution in [-0.2, 0) is 0 Å². The van der Waals surface area contributed by atoms with Crippen molar-refractivity contribution >= 4 is 23.6 Å². The number of rotatable bonds is 7. The van der Waals surface area contributed by atoms with Crippen molar-refractivity contribution in [1.82, 2.24) is 5.32 Å². The lowest BCUT2D eigenvalue weighted by Crippen LogP contribution is -2.26. The minimum atomic E-state index is -1.09. The second-order valence-corrected chi connectivity index (χ2v) is 5.10. The Morgan fingerprint density at radius 1 is 1.32 bits per heavy atom. The monoisotopic (exact) mass is 283 g/mol. The van der Waals surface area contributed by atoms with Crippen LogP contribution in [0.1, 0.15) is 27.6 Å². The fourth-order valence-electron chi connectivity index (χ4n) is 1.45. The van der Waals surface area contributed by atoms with Crippen molar-refractivity contribution in [2.75, 3.05) is 25.2 Å². The molecule has 1 rings (SSSR count). The summed E-state index contributed by atoms with van der Waals surface area (Å²) in [6, 6.07) is 4.24. The van der Waals surface area contributed by atoms with Crippen LogP contribution in [0.5, 0.6) is 5.75 Å². The van der Waals surface area contributed by atoms with Gasteiger partial charge in [0.2, 0.25) is 0 Å². The Bertz CT molecular complexity index is 462. The molecule has 1 amide bonds. The molecule has 0 aliphatic rings. The van der Waals surface area contributed by atoms with E-state index < -0.39 is 5.97 Å². The maximum atomic E-state index is 11.9. The molecule has 0 radical (unpaired) electrons. The first-order valence-corrected chi connectivity index (χ1v) is 7.02. The van der Waals surface area contributed by atoms with Crippen molar-refractivity contribution in [2.45, 2.75) is 6.92 Å². The summed E-state index contributed by atoms with van der Waals surface area (Å²) in [5, 5.41) is 11.7. The number of hydrogen-bond donors (Lipinski definition) is 2. The second-order valence-electron chi connectivity index (χ2n) is 3.71. The summed E-state index contributed by atoms with van der Waals surface area (Å²) in [4.78, 5) is 22.8. The Kier molecular flexibility index (Phi) is 6.21. The van der Waals surface area contributed by atoms with Gasteiger partial charge in [-0.25, -0.2) is 4.79 Å². The highest BCUT2D eigenvalue weighted by molar-refractivity contribution is 7.99. The van der Waals surface area contributed by atoms with Gasteiger partial charge >= 0.3 is 5.97 Å². The minimum absolute atomic E-state index is 0.0347. The molecule has 0 unspecified atom stereocenters. The number of carboxylic acids is 1. The molecular weight excluding hydrogens is 266 g/mol. The zero-order valence-electron chi connectivity index (χ0n) is 10.9. The van der Waals surface area contributed by atoms with Gasteiger partial charge in [-0.3, -0.25) is 4.79 Å². The van der Waals surface area contributed by atoms with Crippen molar-refractivity contribution in [3.63, 3.8) is 0 Å². The lowest BCUT2D eigenvalue weighted by atomic mass is 10.1. The molecule has 2 N–H and O–H groups in total. The molecular formula is C13H17NO4S. The Morgan fingerprint density at radius 3 is 2.58 bits per heavy atom. The fraction of sp³-hybridized carbons (Fsp3) is 0.385. The van der Waals surface area contributed by atoms with Gasteiger partial charge in [-0.15, -0.1) is 0 Å². The molecule has 104 valence electrons. The minimum Gasteiger partial charge on any atom is -0.497 e. The third-order valence-corrected chi connectivity index (χ3v) is 3.29. The summed E-state index contributed by atoms with van der Waals surface area (Å²) < 4.78 is 4.99. The van der Waals surface area contributed by atoms with E-state index in [-0.39, 0.29) is 11.5 Å². The largest absolute Gasteiger partial charge is 0.497 e. The van der Waals surface area contributed by atoms with Crippen LogP contribution in [0.25, 0.3) is 0 Å². The van der Waals surface area contributed by atoms with E-state index in [0.717, 1.165) is 11.5 Å². The normalized spacial score (nSPS) is 10.0. The van der Waals surface area contributed by atoms with Gasteiger partial charge in [-0.1, -0.05) is 6.92 Å². The van der Waals surface area contributed by atoms with Crippen LogP contribution in [0.4, 0.5) is 0 Å². The predicted molar refractivity (Wildman–Crippen MR) is 75.3 cm³/mol. The highest BCUT2D eigenvalue weighted by atomic mass is 32.2. The van der Waals surface area contributed by atoms with Gasteiger partial charge in [0.1, 0.15) is 5.75 Å². The second kappa shape index (κ2) is 7.68. The molecule has 5 nitrogen and oxygen atoms in total. The van der Waals surface area contributed by atoms with Gasteiger partial charge in [-0.05, 0) is 24.0 Å². The summed E-state index contributed by atoms with van der Waals surface area (Å²) in [5.74, 6) is 0.802. The third-order valence-electron chi connectivity index (χ3n) is 2.39. The zero-order valence-corrected chi connectivity index (χ0v) is 11.8. The average Bonchev–Trinajstić information content (AvgIpc) is 2.42. The van der Waals surface area contributed by atoms with Gasteiger partial charge < -0.3 is 15.2 Å². The molecule has 0 heterocycles. The molecule has 0 spiro atoms. The number of benzene rings is 1. The van der Waals surface area contributed by atoms with Gasteiger partial charge in [0.05, 0.1) is 12.7 Å². The van der Waals surface area contributed by atoms with Gasteiger partial charge in [0.15, 0.2) is 0 Å². The van der Waals surface area contributed by atoms with E-state index in [2.05, 4.69) is 5.32 Å². The van der Waals surface area contributed by atoms with Crippen LogP contribution in [0.2, 0.25) is 0 Å². The number of carbonyl (C=O) groups is 2. The van der Waals surface area contributed by atoms with Crippen LogP contribution in [0.3, 0.4) is 0 Å². The van der Waals surface area contributed by atoms with E-state index in [4.69, 9.17) is 9.84 Å². The van der Waals surface area contributed by atoms with E-state index in [1.807, 2.05) is 6.92 Å². The number of hydrogen-bond acceptors (Lipinski definition) is 4. The predicted octanol–water partition coefficient (Wildman–Crippen LogP) is 1.88. The van der Waals surface area contributed by atoms with Crippen molar-refractivity contribution in [2.24, 2.45) is 0 Å². The topological polar surface area (TPSA) is 75.6 Å². The molecule has 1 aromatic rings. The number of carboxylic acid groups (broad SMARTS) is 1. The van der Waals surface area contributed by atoms with Crippen LogP contribution >= 0.6 is 11.8 Å². The first-order valence-electron chi connectivity index (χ1n) is 5.86. The van der Waals surface area contributed by atoms with Gasteiger partial charge in [-0.2, -0.15) is 11.8 Å². The van der Waals surface area contributed by atoms with Gasteiger partial charge in [0.25, 0.3) is 5.91 Å². The van der Waals surface area contributed by atoms with Crippen molar-refractivity contribution in [1.29, 1.82) is 0 Å². The van der Waals surface area contributed by atoms with Crippen molar-refractivity contribution < 1.29 is 19.4 Å². The standard InChI is InChI=1S/C13H17NO4S/c1-3-19-5-4-14-12(15)9-6-10(13(16)17)8-11(7-9)18-2/h6-8H,3-5H2,1-2H3,(H,14,15)(H,16,17). The Labute approximate surface area is 116 Å². The molecule has 0 saturated carbocycles. The Morgan fingerprint density at radius 2 is 2.00 bits per heavy atom. The van der Waals surface area contributed by atoms with Crippen LogP contribution in [0, 0.1) is 0 Å². The number of carbonyl (C=O) groups excluding carboxylic acids is 1. The summed E-state index contributed by atoms with van der Waals surface area (Å²) in [5.41, 5.74) is 0.325. The number of nitrogens with one attached hydrogen (secondary N) is 1. The molecule has 0 bridgehead atoms. The summed E-state index contributed by atoms with van der Waals surface area (Å²) in [6.07, 6.45) is 0. The molecule has 0 saturated heterocycles. The molecule has 0 aliphatic heterocycles. The van der Waals surface area contributed by atoms with Crippen LogP contribution in [-0.4, -0.2) is 42.1 Å². The first-order chi connectivity index (χ1) is 9.08. The van der Waals surface area contributed by atoms with E-state index >= 15 is 0 Å². The maximum absolute atomic E-state index is 11.9. The first kappa shape index (κ1) is 15.4. The number of amides is 1. The third kappa shape index (κ3) is 4.82. The molecule has 1 aromatic carbocycles. The molecule has 0 atom stereocenters. The zero-order chi connectivity index (χ0) is 14.3. The molecule has 0 fully saturated rings. The van der Waals surface area contributed by atoms with Crippen molar-refractivity contribution in [3.8, 4) is 5.75 Å². The quantitative estimate of drug-likeness (QED) is 0.747. The number of methoxy groups -OCH3 is 1. The molecule has 6 heteroatoms. The molecule has 0 aliphatic carbocycles. The Balaban J connectivity index is 2.78. The van der Waals surface area contributed by atoms with Crippen molar-refractivity contribution in [3.05, 3.63) is 29.3 Å². The van der Waals surface area contributed by atoms with Crippen LogP contribution in [0.15, 0.2) is 18.2 Å². The number of thioether (sulfide) groups is 1. The Hall–Kier alpha value is -1.69. The summed E-state index contributed by atoms with van der Waals surface area (Å²) >= 11 is 1.73. The van der Waals surface area contributed by atoms with Crippen LogP contribution < -0.4 is 10.1 Å². The fourth-order valence-corrected chi connectivity index (χ4v) is 1.99. The SMILES string of the molecule is CCSCCNC(=O)c1cc(OC)cc(C(=O)O)c1. The lowest BCUT2D eigenvalue weighted by molar-refractivity contribution is 0.0696. The highest BCUT2D eigenvalue weighted by Gasteiger charge is 2.12. The average molecular weight is 283 g/mol. The number of ether oxygens (including phenoxy) is 1. The maximum Gasteiger partial charge on any atom is 0.335 e. The van der Waals surface area contributed by atoms with E-state index in [0.29, 0.717) is 17.9 Å². The van der Waals surface area contributed by atoms with E-state index in [1.54, 1.807) is 11.8 Å². The lowest BCUT2D eigenvalue weighted by Gasteiger charge is -2.08.